The number of carbonyl (C=O) groups excluding carboxylic acids is 1. The van der Waals surface area contributed by atoms with E-state index >= 15 is 0 Å². The summed E-state index contributed by atoms with van der Waals surface area (Å²) in [6.45, 7) is 4.02. The Morgan fingerprint density at radius 3 is 2.63 bits per heavy atom. The van der Waals surface area contributed by atoms with E-state index in [-0.39, 0.29) is 17.9 Å². The number of fused-ring (bicyclic) bond motifs is 1. The van der Waals surface area contributed by atoms with Gasteiger partial charge in [-0.1, -0.05) is 37.1 Å². The molecule has 1 aliphatic carbocycles. The maximum Gasteiger partial charge on any atom is 0.238 e. The van der Waals surface area contributed by atoms with Crippen LogP contribution in [0.1, 0.15) is 43.7 Å². The molecule has 7 heteroatoms. The van der Waals surface area contributed by atoms with Crippen LogP contribution in [-0.4, -0.2) is 68.0 Å². The summed E-state index contributed by atoms with van der Waals surface area (Å²) in [5.74, 6) is 0.907. The molecule has 5 rings (SSSR count). The number of nitrogens with zero attached hydrogens (tertiary/aromatic N) is 2. The van der Waals surface area contributed by atoms with Crippen LogP contribution in [0.5, 0.6) is 5.75 Å². The number of anilines is 2. The summed E-state index contributed by atoms with van der Waals surface area (Å²) in [7, 11) is 1.67. The Kier molecular flexibility index (Phi) is 7.27. The maximum absolute atomic E-state index is 13.4. The summed E-state index contributed by atoms with van der Waals surface area (Å²) in [4.78, 5) is 17.9. The zero-order valence-corrected chi connectivity index (χ0v) is 20.6. The summed E-state index contributed by atoms with van der Waals surface area (Å²) in [6.07, 6.45) is 4.72. The normalized spacial score (nSPS) is 27.2. The summed E-state index contributed by atoms with van der Waals surface area (Å²) < 4.78 is 10.9. The molecule has 2 aromatic carbocycles. The van der Waals surface area contributed by atoms with Gasteiger partial charge in [0.2, 0.25) is 5.91 Å². The number of carbonyl (C=O) groups is 1. The van der Waals surface area contributed by atoms with Gasteiger partial charge in [0.15, 0.2) is 0 Å². The number of hydrogen-bond donors (Lipinski definition) is 2. The van der Waals surface area contributed by atoms with E-state index < -0.39 is 5.60 Å². The van der Waals surface area contributed by atoms with Crippen LogP contribution >= 0.6 is 0 Å². The monoisotopic (exact) mass is 479 g/mol. The zero-order chi connectivity index (χ0) is 24.3. The van der Waals surface area contributed by atoms with Crippen molar-refractivity contribution in [3.63, 3.8) is 0 Å². The van der Waals surface area contributed by atoms with E-state index in [9.17, 15) is 9.90 Å². The van der Waals surface area contributed by atoms with Gasteiger partial charge in [-0.3, -0.25) is 9.69 Å². The number of hydrogen-bond acceptors (Lipinski definition) is 6. The Hall–Kier alpha value is -2.61. The minimum atomic E-state index is -0.654. The second kappa shape index (κ2) is 10.6. The van der Waals surface area contributed by atoms with Crippen molar-refractivity contribution in [3.05, 3.63) is 54.1 Å². The number of nitrogens with one attached hydrogen (secondary N) is 1. The molecule has 3 fully saturated rings. The van der Waals surface area contributed by atoms with E-state index in [2.05, 4.69) is 33.3 Å². The molecule has 2 aromatic rings. The summed E-state index contributed by atoms with van der Waals surface area (Å²) >= 11 is 0. The number of piperidine rings is 1. The molecule has 2 saturated heterocycles. The number of morpholine rings is 1. The average molecular weight is 480 g/mol. The summed E-state index contributed by atoms with van der Waals surface area (Å²) in [6, 6.07) is 16.1. The number of likely N-dealkylation sites (tertiary alicyclic amines) is 1. The number of aliphatic hydroxyl groups is 1. The van der Waals surface area contributed by atoms with Crippen molar-refractivity contribution in [2.24, 2.45) is 5.92 Å². The van der Waals surface area contributed by atoms with Crippen molar-refractivity contribution in [1.82, 2.24) is 4.90 Å². The van der Waals surface area contributed by atoms with Gasteiger partial charge >= 0.3 is 0 Å². The van der Waals surface area contributed by atoms with E-state index in [0.717, 1.165) is 61.5 Å². The largest absolute Gasteiger partial charge is 0.497 e. The van der Waals surface area contributed by atoms with Crippen molar-refractivity contribution in [1.29, 1.82) is 0 Å². The Morgan fingerprint density at radius 1 is 1.09 bits per heavy atom. The highest BCUT2D eigenvalue weighted by molar-refractivity contribution is 5.95. The van der Waals surface area contributed by atoms with Gasteiger partial charge in [-0.05, 0) is 49.1 Å². The van der Waals surface area contributed by atoms with Crippen molar-refractivity contribution >= 4 is 17.3 Å². The predicted molar refractivity (Wildman–Crippen MR) is 137 cm³/mol. The number of ether oxygens (including phenoxy) is 2. The third-order valence-corrected chi connectivity index (χ3v) is 8.01. The predicted octanol–water partition coefficient (Wildman–Crippen LogP) is 3.84. The van der Waals surface area contributed by atoms with Gasteiger partial charge in [0.1, 0.15) is 5.75 Å². The van der Waals surface area contributed by atoms with Crippen LogP contribution in [0.15, 0.2) is 48.5 Å². The minimum absolute atomic E-state index is 0.000179. The fourth-order valence-electron chi connectivity index (χ4n) is 6.20. The molecule has 0 unspecified atom stereocenters. The lowest BCUT2D eigenvalue weighted by molar-refractivity contribution is -0.135. The molecule has 7 nitrogen and oxygen atoms in total. The van der Waals surface area contributed by atoms with Gasteiger partial charge in [-0.25, -0.2) is 0 Å². The summed E-state index contributed by atoms with van der Waals surface area (Å²) in [5.41, 5.74) is 2.36. The number of methoxy groups -OCH3 is 1. The SMILES string of the molecule is COc1ccc([C@@H]2[C@H]3CCCC[C@@]3(O)CCN2CC(=O)Nc2ccccc2N2CCOCC2)cc1. The number of para-hydroxylation sites is 2. The van der Waals surface area contributed by atoms with Crippen LogP contribution in [0.3, 0.4) is 0 Å². The highest BCUT2D eigenvalue weighted by Gasteiger charge is 2.49. The van der Waals surface area contributed by atoms with Crippen LogP contribution in [0.2, 0.25) is 0 Å². The molecule has 188 valence electrons. The third kappa shape index (κ3) is 5.17. The van der Waals surface area contributed by atoms with Crippen LogP contribution in [0.4, 0.5) is 11.4 Å². The molecular weight excluding hydrogens is 442 g/mol. The first-order valence-electron chi connectivity index (χ1n) is 12.9. The number of rotatable bonds is 6. The van der Waals surface area contributed by atoms with Gasteiger partial charge in [0, 0.05) is 31.6 Å². The molecule has 1 amide bonds. The first-order valence-corrected chi connectivity index (χ1v) is 12.9. The Bertz CT molecular complexity index is 1010. The van der Waals surface area contributed by atoms with E-state index in [1.165, 1.54) is 0 Å². The standard InChI is InChI=1S/C28H37N3O4/c1-34-22-11-9-21(10-12-22)27-23-6-4-5-13-28(23,33)14-15-31(27)20-26(32)29-24-7-2-3-8-25(24)30-16-18-35-19-17-30/h2-3,7-12,23,27,33H,4-6,13-20H2,1H3,(H,29,32)/t23-,27-,28-/m1/s1. The Balaban J connectivity index is 1.36. The molecule has 1 saturated carbocycles. The molecule has 0 aromatic heterocycles. The van der Waals surface area contributed by atoms with Crippen LogP contribution in [-0.2, 0) is 9.53 Å². The van der Waals surface area contributed by atoms with Crippen LogP contribution in [0, 0.1) is 5.92 Å². The van der Waals surface area contributed by atoms with E-state index in [4.69, 9.17) is 9.47 Å². The number of benzene rings is 2. The van der Waals surface area contributed by atoms with Crippen LogP contribution < -0.4 is 15.0 Å². The zero-order valence-electron chi connectivity index (χ0n) is 20.6. The summed E-state index contributed by atoms with van der Waals surface area (Å²) in [5, 5.41) is 14.7. The van der Waals surface area contributed by atoms with E-state index in [1.807, 2.05) is 30.3 Å². The Morgan fingerprint density at radius 2 is 1.86 bits per heavy atom. The molecule has 3 aliphatic rings. The number of amides is 1. The van der Waals surface area contributed by atoms with E-state index in [0.29, 0.717) is 32.7 Å². The molecular formula is C28H37N3O4. The highest BCUT2D eigenvalue weighted by Crippen LogP contribution is 2.49. The van der Waals surface area contributed by atoms with Crippen molar-refractivity contribution in [2.75, 3.05) is 56.7 Å². The first kappa shape index (κ1) is 24.1. The molecule has 2 heterocycles. The smallest absolute Gasteiger partial charge is 0.238 e. The van der Waals surface area contributed by atoms with Crippen LogP contribution in [0.25, 0.3) is 0 Å². The van der Waals surface area contributed by atoms with Gasteiger partial charge in [0.05, 0.1) is 43.8 Å². The van der Waals surface area contributed by atoms with Gasteiger partial charge < -0.3 is 24.8 Å². The topological polar surface area (TPSA) is 74.3 Å². The van der Waals surface area contributed by atoms with Crippen molar-refractivity contribution in [3.8, 4) is 5.75 Å². The third-order valence-electron chi connectivity index (χ3n) is 8.01. The fourth-order valence-corrected chi connectivity index (χ4v) is 6.20. The molecule has 35 heavy (non-hydrogen) atoms. The highest BCUT2D eigenvalue weighted by atomic mass is 16.5. The van der Waals surface area contributed by atoms with Crippen molar-refractivity contribution < 1.29 is 19.4 Å². The van der Waals surface area contributed by atoms with Crippen molar-refractivity contribution in [2.45, 2.75) is 43.7 Å². The second-order valence-corrected chi connectivity index (χ2v) is 10.1. The van der Waals surface area contributed by atoms with Gasteiger partial charge in [-0.2, -0.15) is 0 Å². The van der Waals surface area contributed by atoms with Gasteiger partial charge in [-0.15, -0.1) is 0 Å². The lowest BCUT2D eigenvalue weighted by Crippen LogP contribution is -2.56. The quantitative estimate of drug-likeness (QED) is 0.656. The molecule has 3 atom stereocenters. The Labute approximate surface area is 208 Å². The molecule has 0 radical (unpaired) electrons. The lowest BCUT2D eigenvalue weighted by atomic mass is 9.66. The fraction of sp³-hybridized carbons (Fsp3) is 0.536. The van der Waals surface area contributed by atoms with Gasteiger partial charge in [0.25, 0.3) is 0 Å². The second-order valence-electron chi connectivity index (χ2n) is 10.1. The molecule has 0 spiro atoms. The molecule has 0 bridgehead atoms. The molecule has 2 aliphatic heterocycles. The average Bonchev–Trinajstić information content (AvgIpc) is 2.89. The lowest BCUT2D eigenvalue weighted by Gasteiger charge is -2.52. The molecule has 2 N–H and O–H groups in total. The van der Waals surface area contributed by atoms with E-state index in [1.54, 1.807) is 7.11 Å². The maximum atomic E-state index is 13.4. The first-order chi connectivity index (χ1) is 17.1. The minimum Gasteiger partial charge on any atom is -0.497 e.